The summed E-state index contributed by atoms with van der Waals surface area (Å²) >= 11 is 0. The van der Waals surface area contributed by atoms with Crippen molar-refractivity contribution >= 4 is 33.9 Å². The maximum atomic E-state index is 11.5. The van der Waals surface area contributed by atoms with Crippen LogP contribution in [0.15, 0.2) is 48.8 Å². The summed E-state index contributed by atoms with van der Waals surface area (Å²) in [6.45, 7) is 1.49. The van der Waals surface area contributed by atoms with Crippen molar-refractivity contribution in [1.82, 2.24) is 9.97 Å². The van der Waals surface area contributed by atoms with E-state index in [0.29, 0.717) is 28.0 Å². The van der Waals surface area contributed by atoms with Crippen molar-refractivity contribution in [2.24, 2.45) is 0 Å². The number of nitro groups is 1. The second kappa shape index (κ2) is 5.80. The Morgan fingerprint density at radius 2 is 2.00 bits per heavy atom. The van der Waals surface area contributed by atoms with E-state index in [-0.39, 0.29) is 11.5 Å². The summed E-state index contributed by atoms with van der Waals surface area (Å²) in [5, 5.41) is 14.6. The van der Waals surface area contributed by atoms with Gasteiger partial charge >= 0.3 is 0 Å². The van der Waals surface area contributed by atoms with E-state index in [4.69, 9.17) is 0 Å². The SMILES string of the molecule is CC(=O)c1cccc(Nc2ncnc3ccc([N+](=O)[O-])cc23)c1. The largest absolute Gasteiger partial charge is 0.340 e. The van der Waals surface area contributed by atoms with Crippen LogP contribution in [0.3, 0.4) is 0 Å². The molecule has 0 aliphatic heterocycles. The highest BCUT2D eigenvalue weighted by molar-refractivity contribution is 5.96. The van der Waals surface area contributed by atoms with Gasteiger partial charge in [0.2, 0.25) is 0 Å². The van der Waals surface area contributed by atoms with Crippen LogP contribution in [0.5, 0.6) is 0 Å². The summed E-state index contributed by atoms with van der Waals surface area (Å²) in [6, 6.07) is 11.4. The van der Waals surface area contributed by atoms with Crippen LogP contribution in [-0.2, 0) is 0 Å². The molecule has 7 heteroatoms. The van der Waals surface area contributed by atoms with Crippen LogP contribution in [0.2, 0.25) is 0 Å². The number of hydrogen-bond donors (Lipinski definition) is 1. The van der Waals surface area contributed by atoms with Gasteiger partial charge in [-0.05, 0) is 25.1 Å². The van der Waals surface area contributed by atoms with Crippen molar-refractivity contribution in [3.8, 4) is 0 Å². The van der Waals surface area contributed by atoms with Crippen LogP contribution in [-0.4, -0.2) is 20.7 Å². The van der Waals surface area contributed by atoms with E-state index < -0.39 is 4.92 Å². The minimum absolute atomic E-state index is 0.0344. The van der Waals surface area contributed by atoms with Gasteiger partial charge in [0.15, 0.2) is 5.78 Å². The molecule has 3 aromatic rings. The number of non-ortho nitro benzene ring substituents is 1. The van der Waals surface area contributed by atoms with Crippen molar-refractivity contribution in [2.45, 2.75) is 6.92 Å². The Balaban J connectivity index is 2.05. The predicted octanol–water partition coefficient (Wildman–Crippen LogP) is 3.48. The van der Waals surface area contributed by atoms with Crippen LogP contribution in [0.4, 0.5) is 17.2 Å². The Kier molecular flexibility index (Phi) is 3.68. The number of anilines is 2. The number of nitrogens with zero attached hydrogens (tertiary/aromatic N) is 3. The van der Waals surface area contributed by atoms with E-state index in [9.17, 15) is 14.9 Å². The van der Waals surface area contributed by atoms with Crippen LogP contribution in [0.25, 0.3) is 10.9 Å². The first-order valence-corrected chi connectivity index (χ1v) is 6.82. The van der Waals surface area contributed by atoms with E-state index in [0.717, 1.165) is 0 Å². The van der Waals surface area contributed by atoms with Gasteiger partial charge in [0.25, 0.3) is 5.69 Å². The van der Waals surface area contributed by atoms with Crippen LogP contribution in [0, 0.1) is 10.1 Å². The molecule has 0 atom stereocenters. The number of nitro benzene ring substituents is 1. The zero-order valence-electron chi connectivity index (χ0n) is 12.2. The van der Waals surface area contributed by atoms with Gasteiger partial charge in [-0.3, -0.25) is 14.9 Å². The molecule has 0 radical (unpaired) electrons. The summed E-state index contributed by atoms with van der Waals surface area (Å²) in [5.74, 6) is 0.399. The lowest BCUT2D eigenvalue weighted by Gasteiger charge is -2.09. The third-order valence-corrected chi connectivity index (χ3v) is 3.36. The molecule has 114 valence electrons. The third kappa shape index (κ3) is 2.98. The molecule has 0 aliphatic carbocycles. The molecular formula is C16H12N4O3. The average Bonchev–Trinajstić information content (AvgIpc) is 2.55. The lowest BCUT2D eigenvalue weighted by molar-refractivity contribution is -0.384. The molecule has 0 saturated heterocycles. The summed E-state index contributed by atoms with van der Waals surface area (Å²) in [7, 11) is 0. The maximum absolute atomic E-state index is 11.5. The Morgan fingerprint density at radius 1 is 1.17 bits per heavy atom. The number of Topliss-reactive ketones (excluding diaryl/α,β-unsaturated/α-hetero) is 1. The molecule has 7 nitrogen and oxygen atoms in total. The quantitative estimate of drug-likeness (QED) is 0.450. The lowest BCUT2D eigenvalue weighted by atomic mass is 10.1. The van der Waals surface area contributed by atoms with Crippen LogP contribution in [0.1, 0.15) is 17.3 Å². The summed E-state index contributed by atoms with van der Waals surface area (Å²) < 4.78 is 0. The number of carbonyl (C=O) groups excluding carboxylic acids is 1. The number of nitrogens with one attached hydrogen (secondary N) is 1. The average molecular weight is 308 g/mol. The molecule has 0 unspecified atom stereocenters. The van der Waals surface area contributed by atoms with E-state index in [2.05, 4.69) is 15.3 Å². The highest BCUT2D eigenvalue weighted by Gasteiger charge is 2.11. The van der Waals surface area contributed by atoms with Gasteiger partial charge in [0.1, 0.15) is 12.1 Å². The fraction of sp³-hybridized carbons (Fsp3) is 0.0625. The molecule has 23 heavy (non-hydrogen) atoms. The molecule has 0 aliphatic rings. The molecule has 3 rings (SSSR count). The van der Waals surface area contributed by atoms with Gasteiger partial charge in [-0.2, -0.15) is 0 Å². The first-order chi connectivity index (χ1) is 11.0. The second-order valence-electron chi connectivity index (χ2n) is 4.94. The maximum Gasteiger partial charge on any atom is 0.270 e. The Hall–Kier alpha value is -3.35. The zero-order chi connectivity index (χ0) is 16.4. The Bertz CT molecular complexity index is 924. The van der Waals surface area contributed by atoms with Crippen molar-refractivity contribution in [3.05, 3.63) is 64.5 Å². The monoisotopic (exact) mass is 308 g/mol. The van der Waals surface area contributed by atoms with E-state index in [1.807, 2.05) is 0 Å². The first-order valence-electron chi connectivity index (χ1n) is 6.82. The summed E-state index contributed by atoms with van der Waals surface area (Å²) in [4.78, 5) is 30.2. The topological polar surface area (TPSA) is 98.0 Å². The molecule has 0 spiro atoms. The fourth-order valence-corrected chi connectivity index (χ4v) is 2.21. The number of rotatable bonds is 4. The highest BCUT2D eigenvalue weighted by Crippen LogP contribution is 2.26. The van der Waals surface area contributed by atoms with E-state index in [1.54, 1.807) is 30.3 Å². The third-order valence-electron chi connectivity index (χ3n) is 3.36. The number of hydrogen-bond acceptors (Lipinski definition) is 6. The minimum atomic E-state index is -0.466. The standard InChI is InChI=1S/C16H12N4O3/c1-10(21)11-3-2-4-12(7-11)19-16-14-8-13(20(22)23)5-6-15(14)17-9-18-16/h2-9H,1H3,(H,17,18,19). The molecule has 0 bridgehead atoms. The zero-order valence-corrected chi connectivity index (χ0v) is 12.2. The summed E-state index contributed by atoms with van der Waals surface area (Å²) in [6.07, 6.45) is 1.38. The molecule has 0 amide bonds. The number of aromatic nitrogens is 2. The van der Waals surface area contributed by atoms with E-state index in [1.165, 1.54) is 25.4 Å². The van der Waals surface area contributed by atoms with Gasteiger partial charge in [-0.15, -0.1) is 0 Å². The molecule has 0 saturated carbocycles. The molecular weight excluding hydrogens is 296 g/mol. The number of carbonyl (C=O) groups is 1. The smallest absolute Gasteiger partial charge is 0.270 e. The van der Waals surface area contributed by atoms with Crippen molar-refractivity contribution in [1.29, 1.82) is 0 Å². The Morgan fingerprint density at radius 3 is 2.74 bits per heavy atom. The highest BCUT2D eigenvalue weighted by atomic mass is 16.6. The number of benzene rings is 2. The Labute approximate surface area is 131 Å². The second-order valence-corrected chi connectivity index (χ2v) is 4.94. The number of ketones is 1. The van der Waals surface area contributed by atoms with Crippen LogP contribution < -0.4 is 5.32 Å². The minimum Gasteiger partial charge on any atom is -0.340 e. The van der Waals surface area contributed by atoms with Gasteiger partial charge in [-0.1, -0.05) is 12.1 Å². The fourth-order valence-electron chi connectivity index (χ4n) is 2.21. The predicted molar refractivity (Wildman–Crippen MR) is 85.9 cm³/mol. The molecule has 0 fully saturated rings. The van der Waals surface area contributed by atoms with Crippen molar-refractivity contribution < 1.29 is 9.72 Å². The van der Waals surface area contributed by atoms with Gasteiger partial charge in [0.05, 0.1) is 10.4 Å². The van der Waals surface area contributed by atoms with Gasteiger partial charge in [0, 0.05) is 28.8 Å². The molecule has 1 N–H and O–H groups in total. The first kappa shape index (κ1) is 14.6. The summed E-state index contributed by atoms with van der Waals surface area (Å²) in [5.41, 5.74) is 1.80. The van der Waals surface area contributed by atoms with Gasteiger partial charge < -0.3 is 5.32 Å². The normalized spacial score (nSPS) is 10.5. The van der Waals surface area contributed by atoms with Crippen LogP contribution >= 0.6 is 0 Å². The van der Waals surface area contributed by atoms with Gasteiger partial charge in [-0.25, -0.2) is 9.97 Å². The van der Waals surface area contributed by atoms with Crippen molar-refractivity contribution in [3.63, 3.8) is 0 Å². The van der Waals surface area contributed by atoms with Crippen molar-refractivity contribution in [2.75, 3.05) is 5.32 Å². The molecule has 1 aromatic heterocycles. The number of fused-ring (bicyclic) bond motifs is 1. The lowest BCUT2D eigenvalue weighted by Crippen LogP contribution is -1.99. The molecule has 2 aromatic carbocycles. The molecule has 1 heterocycles. The van der Waals surface area contributed by atoms with E-state index >= 15 is 0 Å².